The quantitative estimate of drug-likeness (QED) is 0.926. The molecule has 0 aromatic heterocycles. The number of piperidine rings is 1. The van der Waals surface area contributed by atoms with Gasteiger partial charge in [0.25, 0.3) is 0 Å². The van der Waals surface area contributed by atoms with Gasteiger partial charge in [-0.05, 0) is 38.7 Å². The second-order valence-electron chi connectivity index (χ2n) is 7.50. The van der Waals surface area contributed by atoms with Crippen LogP contribution in [0.3, 0.4) is 0 Å². The topological polar surface area (TPSA) is 43.8 Å². The highest BCUT2D eigenvalue weighted by molar-refractivity contribution is 5.66. The first-order valence-corrected chi connectivity index (χ1v) is 8.06. The lowest BCUT2D eigenvalue weighted by Gasteiger charge is -2.46. The van der Waals surface area contributed by atoms with Gasteiger partial charge in [0.2, 0.25) is 0 Å². The normalized spacial score (nSPS) is 23.3. The molecule has 2 rings (SSSR count). The van der Waals surface area contributed by atoms with E-state index in [1.165, 1.54) is 5.56 Å². The summed E-state index contributed by atoms with van der Waals surface area (Å²) in [5.41, 5.74) is 0.916. The van der Waals surface area contributed by atoms with Crippen LogP contribution in [0.1, 0.15) is 39.7 Å². The maximum atomic E-state index is 11.7. The van der Waals surface area contributed by atoms with Gasteiger partial charge in [0.15, 0.2) is 0 Å². The maximum absolute atomic E-state index is 11.7. The molecule has 0 aliphatic carbocycles. The summed E-state index contributed by atoms with van der Waals surface area (Å²) in [6.07, 6.45) is 0.126. The molecular formula is C18H28N2O2. The smallest absolute Gasteiger partial charge is 0.408 e. The van der Waals surface area contributed by atoms with Gasteiger partial charge >= 0.3 is 6.09 Å². The van der Waals surface area contributed by atoms with Crippen LogP contribution in [-0.2, 0) is 6.54 Å². The van der Waals surface area contributed by atoms with Gasteiger partial charge in [0.05, 0.1) is 0 Å². The second-order valence-corrected chi connectivity index (χ2v) is 7.50. The molecule has 1 fully saturated rings. The van der Waals surface area contributed by atoms with Gasteiger partial charge in [-0.15, -0.1) is 0 Å². The van der Waals surface area contributed by atoms with Crippen LogP contribution in [0.5, 0.6) is 0 Å². The standard InChI is InChI=1S/C18H28N2O2/c1-14-10-16(20(17(21)22)18(2,3)4)13-19(11-14)12-15-8-6-5-7-9-15/h5-9,14,16H,10-13H2,1-4H3,(H,21,22)/t14-,16-/m1/s1. The average molecular weight is 304 g/mol. The Labute approximate surface area is 133 Å². The number of likely N-dealkylation sites (tertiary alicyclic amines) is 1. The number of hydrogen-bond acceptors (Lipinski definition) is 2. The summed E-state index contributed by atoms with van der Waals surface area (Å²) < 4.78 is 0. The van der Waals surface area contributed by atoms with Crippen LogP contribution in [0.25, 0.3) is 0 Å². The van der Waals surface area contributed by atoms with Crippen molar-refractivity contribution in [2.75, 3.05) is 13.1 Å². The third-order valence-electron chi connectivity index (χ3n) is 4.26. The minimum Gasteiger partial charge on any atom is -0.465 e. The summed E-state index contributed by atoms with van der Waals surface area (Å²) in [5, 5.41) is 9.63. The SMILES string of the molecule is C[C@@H]1C[C@@H](N(C(=O)O)C(C)(C)C)CN(Cc2ccccc2)C1. The molecular weight excluding hydrogens is 276 g/mol. The van der Waals surface area contributed by atoms with E-state index in [1.807, 2.05) is 26.8 Å². The summed E-state index contributed by atoms with van der Waals surface area (Å²) in [6, 6.07) is 10.5. The highest BCUT2D eigenvalue weighted by Gasteiger charge is 2.37. The van der Waals surface area contributed by atoms with Crippen LogP contribution >= 0.6 is 0 Å². The molecule has 0 saturated carbocycles. The van der Waals surface area contributed by atoms with Crippen LogP contribution in [-0.4, -0.2) is 45.7 Å². The Hall–Kier alpha value is -1.55. The molecule has 0 bridgehead atoms. The molecule has 1 amide bonds. The molecule has 1 aliphatic rings. The van der Waals surface area contributed by atoms with Crippen molar-refractivity contribution >= 4 is 6.09 Å². The Bertz CT molecular complexity index is 496. The molecule has 1 N–H and O–H groups in total. The van der Waals surface area contributed by atoms with Gasteiger partial charge in [-0.2, -0.15) is 0 Å². The van der Waals surface area contributed by atoms with Gasteiger partial charge < -0.3 is 5.11 Å². The van der Waals surface area contributed by atoms with Crippen molar-refractivity contribution in [1.82, 2.24) is 9.80 Å². The second kappa shape index (κ2) is 6.69. The first kappa shape index (κ1) is 16.8. The molecule has 1 aliphatic heterocycles. The fourth-order valence-corrected chi connectivity index (χ4v) is 3.58. The summed E-state index contributed by atoms with van der Waals surface area (Å²) in [6.45, 7) is 10.9. The lowest BCUT2D eigenvalue weighted by atomic mass is 9.91. The van der Waals surface area contributed by atoms with Crippen LogP contribution in [0.2, 0.25) is 0 Å². The van der Waals surface area contributed by atoms with Gasteiger partial charge in [-0.25, -0.2) is 4.79 Å². The number of nitrogens with zero attached hydrogens (tertiary/aromatic N) is 2. The minimum absolute atomic E-state index is 0.0602. The largest absolute Gasteiger partial charge is 0.465 e. The predicted molar refractivity (Wildman–Crippen MR) is 88.9 cm³/mol. The molecule has 1 aromatic carbocycles. The third kappa shape index (κ3) is 4.23. The van der Waals surface area contributed by atoms with Gasteiger partial charge in [0, 0.05) is 31.2 Å². The van der Waals surface area contributed by atoms with Crippen molar-refractivity contribution < 1.29 is 9.90 Å². The number of benzene rings is 1. The highest BCUT2D eigenvalue weighted by atomic mass is 16.4. The number of hydrogen-bond donors (Lipinski definition) is 1. The van der Waals surface area contributed by atoms with Crippen LogP contribution in [0, 0.1) is 5.92 Å². The number of rotatable bonds is 3. The summed E-state index contributed by atoms with van der Waals surface area (Å²) in [4.78, 5) is 15.7. The minimum atomic E-state index is -0.814. The Balaban J connectivity index is 2.11. The predicted octanol–water partition coefficient (Wildman–Crippen LogP) is 3.68. The maximum Gasteiger partial charge on any atom is 0.408 e. The van der Waals surface area contributed by atoms with E-state index in [4.69, 9.17) is 0 Å². The fraction of sp³-hybridized carbons (Fsp3) is 0.611. The Morgan fingerprint density at radius 2 is 1.91 bits per heavy atom. The molecule has 0 spiro atoms. The zero-order chi connectivity index (χ0) is 16.3. The molecule has 1 heterocycles. The molecule has 2 atom stereocenters. The monoisotopic (exact) mass is 304 g/mol. The number of amides is 1. The zero-order valence-electron chi connectivity index (χ0n) is 14.1. The van der Waals surface area contributed by atoms with E-state index in [1.54, 1.807) is 4.90 Å². The van der Waals surface area contributed by atoms with Crippen molar-refractivity contribution in [2.24, 2.45) is 5.92 Å². The van der Waals surface area contributed by atoms with Crippen molar-refractivity contribution in [3.05, 3.63) is 35.9 Å². The van der Waals surface area contributed by atoms with E-state index in [0.717, 1.165) is 26.1 Å². The highest BCUT2D eigenvalue weighted by Crippen LogP contribution is 2.27. The number of carbonyl (C=O) groups is 1. The molecule has 1 saturated heterocycles. The Morgan fingerprint density at radius 3 is 2.45 bits per heavy atom. The average Bonchev–Trinajstić information content (AvgIpc) is 2.36. The van der Waals surface area contributed by atoms with Gasteiger partial charge in [0.1, 0.15) is 0 Å². The van der Waals surface area contributed by atoms with E-state index < -0.39 is 6.09 Å². The van der Waals surface area contributed by atoms with Crippen LogP contribution < -0.4 is 0 Å². The molecule has 122 valence electrons. The summed E-state index contributed by atoms with van der Waals surface area (Å²) >= 11 is 0. The van der Waals surface area contributed by atoms with Crippen molar-refractivity contribution in [3.8, 4) is 0 Å². The molecule has 22 heavy (non-hydrogen) atoms. The molecule has 4 nitrogen and oxygen atoms in total. The first-order valence-electron chi connectivity index (χ1n) is 8.06. The molecule has 0 unspecified atom stereocenters. The lowest BCUT2D eigenvalue weighted by molar-refractivity contribution is 0.0211. The van der Waals surface area contributed by atoms with Crippen LogP contribution in [0.4, 0.5) is 4.79 Å². The van der Waals surface area contributed by atoms with Gasteiger partial charge in [-0.1, -0.05) is 37.3 Å². The third-order valence-corrected chi connectivity index (χ3v) is 4.26. The molecule has 4 heteroatoms. The first-order chi connectivity index (χ1) is 10.3. The number of carboxylic acid groups (broad SMARTS) is 1. The van der Waals surface area contributed by atoms with E-state index in [0.29, 0.717) is 5.92 Å². The van der Waals surface area contributed by atoms with E-state index in [2.05, 4.69) is 36.1 Å². The van der Waals surface area contributed by atoms with E-state index in [-0.39, 0.29) is 11.6 Å². The van der Waals surface area contributed by atoms with Crippen molar-refractivity contribution in [3.63, 3.8) is 0 Å². The summed E-state index contributed by atoms with van der Waals surface area (Å²) in [7, 11) is 0. The summed E-state index contributed by atoms with van der Waals surface area (Å²) in [5.74, 6) is 0.506. The van der Waals surface area contributed by atoms with E-state index >= 15 is 0 Å². The van der Waals surface area contributed by atoms with Crippen LogP contribution in [0.15, 0.2) is 30.3 Å². The lowest BCUT2D eigenvalue weighted by Crippen LogP contribution is -2.57. The van der Waals surface area contributed by atoms with E-state index in [9.17, 15) is 9.90 Å². The fourth-order valence-electron chi connectivity index (χ4n) is 3.58. The van der Waals surface area contributed by atoms with Gasteiger partial charge in [-0.3, -0.25) is 9.80 Å². The Kier molecular flexibility index (Phi) is 5.12. The van der Waals surface area contributed by atoms with Crippen molar-refractivity contribution in [1.29, 1.82) is 0 Å². The van der Waals surface area contributed by atoms with Crippen molar-refractivity contribution in [2.45, 2.75) is 52.2 Å². The molecule has 0 radical (unpaired) electrons. The Morgan fingerprint density at radius 1 is 1.27 bits per heavy atom. The molecule has 1 aromatic rings. The zero-order valence-corrected chi connectivity index (χ0v) is 14.1.